The lowest BCUT2D eigenvalue weighted by molar-refractivity contribution is -0.384. The van der Waals surface area contributed by atoms with Crippen LogP contribution in [-0.2, 0) is 4.74 Å². The predicted molar refractivity (Wildman–Crippen MR) is 105 cm³/mol. The van der Waals surface area contributed by atoms with Crippen molar-refractivity contribution < 1.29 is 24.0 Å². The van der Waals surface area contributed by atoms with Crippen molar-refractivity contribution in [3.8, 4) is 0 Å². The number of carbonyl (C=O) groups excluding carboxylic acids is 3. The maximum absolute atomic E-state index is 12.4. The van der Waals surface area contributed by atoms with Gasteiger partial charge in [-0.05, 0) is 51.3 Å². The Hall–Kier alpha value is -3.49. The molecule has 1 saturated carbocycles. The van der Waals surface area contributed by atoms with Gasteiger partial charge in [0.2, 0.25) is 5.78 Å². The number of carbonyl (C=O) groups is 3. The Labute approximate surface area is 166 Å². The SMILES string of the molecule is CC(=O)c1c(C)[nH]c(C(=O)COC(=O)c2ccc(NC3CC3)c([N+](=O)[O-])c2)c1C. The van der Waals surface area contributed by atoms with Gasteiger partial charge in [0.05, 0.1) is 16.2 Å². The molecule has 1 aromatic carbocycles. The number of Topliss-reactive ketones (excluding diaryl/α,β-unsaturated/α-hetero) is 2. The lowest BCUT2D eigenvalue weighted by atomic mass is 10.1. The summed E-state index contributed by atoms with van der Waals surface area (Å²) in [5.41, 5.74) is 1.82. The van der Waals surface area contributed by atoms with Crippen LogP contribution in [0.25, 0.3) is 0 Å². The highest BCUT2D eigenvalue weighted by Gasteiger charge is 2.26. The fourth-order valence-corrected chi connectivity index (χ4v) is 3.22. The largest absolute Gasteiger partial charge is 0.454 e. The van der Waals surface area contributed by atoms with E-state index in [4.69, 9.17) is 4.74 Å². The first kappa shape index (κ1) is 20.2. The first-order valence-corrected chi connectivity index (χ1v) is 9.14. The van der Waals surface area contributed by atoms with E-state index in [-0.39, 0.29) is 28.8 Å². The first-order valence-electron chi connectivity index (χ1n) is 9.14. The molecule has 0 amide bonds. The number of aromatic amines is 1. The summed E-state index contributed by atoms with van der Waals surface area (Å²) in [7, 11) is 0. The van der Waals surface area contributed by atoms with E-state index in [2.05, 4.69) is 10.3 Å². The summed E-state index contributed by atoms with van der Waals surface area (Å²) in [4.78, 5) is 50.0. The van der Waals surface area contributed by atoms with Gasteiger partial charge >= 0.3 is 5.97 Å². The van der Waals surface area contributed by atoms with Crippen LogP contribution in [-0.4, -0.2) is 40.1 Å². The third kappa shape index (κ3) is 4.34. The van der Waals surface area contributed by atoms with Crippen molar-refractivity contribution in [2.45, 2.75) is 39.7 Å². The molecule has 152 valence electrons. The fraction of sp³-hybridized carbons (Fsp3) is 0.350. The standard InChI is InChI=1S/C20H21N3O6/c1-10-18(12(3)24)11(2)21-19(10)17(25)9-29-20(26)13-4-7-15(22-14-5-6-14)16(8-13)23(27)28/h4,7-8,14,21-22H,5-6,9H2,1-3H3. The van der Waals surface area contributed by atoms with Crippen molar-refractivity contribution >= 4 is 28.9 Å². The Morgan fingerprint density at radius 1 is 1.28 bits per heavy atom. The number of hydrogen-bond acceptors (Lipinski definition) is 7. The minimum Gasteiger partial charge on any atom is -0.454 e. The summed E-state index contributed by atoms with van der Waals surface area (Å²) in [6.07, 6.45) is 1.90. The molecule has 2 N–H and O–H groups in total. The molecule has 9 heteroatoms. The molecule has 1 aromatic heterocycles. The van der Waals surface area contributed by atoms with Gasteiger partial charge in [-0.2, -0.15) is 0 Å². The maximum Gasteiger partial charge on any atom is 0.338 e. The van der Waals surface area contributed by atoms with Crippen LogP contribution in [0, 0.1) is 24.0 Å². The van der Waals surface area contributed by atoms with Gasteiger partial charge < -0.3 is 15.0 Å². The molecule has 0 unspecified atom stereocenters. The van der Waals surface area contributed by atoms with Crippen molar-refractivity contribution in [2.75, 3.05) is 11.9 Å². The van der Waals surface area contributed by atoms with E-state index < -0.39 is 23.3 Å². The number of anilines is 1. The molecule has 2 aromatic rings. The highest BCUT2D eigenvalue weighted by atomic mass is 16.6. The van der Waals surface area contributed by atoms with Crippen LogP contribution in [0.15, 0.2) is 18.2 Å². The molecular formula is C20H21N3O6. The molecule has 0 spiro atoms. The second-order valence-electron chi connectivity index (χ2n) is 7.09. The average Bonchev–Trinajstić information content (AvgIpc) is 3.42. The number of aryl methyl sites for hydroxylation is 1. The van der Waals surface area contributed by atoms with Crippen molar-refractivity contribution in [1.29, 1.82) is 0 Å². The Kier molecular flexibility index (Phi) is 5.49. The van der Waals surface area contributed by atoms with Crippen molar-refractivity contribution in [2.24, 2.45) is 0 Å². The number of aromatic nitrogens is 1. The number of nitrogens with zero attached hydrogens (tertiary/aromatic N) is 1. The number of rotatable bonds is 8. The first-order chi connectivity index (χ1) is 13.7. The number of benzene rings is 1. The topological polar surface area (TPSA) is 131 Å². The molecule has 29 heavy (non-hydrogen) atoms. The number of esters is 1. The Morgan fingerprint density at radius 2 is 1.97 bits per heavy atom. The van der Waals surface area contributed by atoms with Gasteiger partial charge in [0.1, 0.15) is 5.69 Å². The molecule has 1 fully saturated rings. The third-order valence-electron chi connectivity index (χ3n) is 4.77. The summed E-state index contributed by atoms with van der Waals surface area (Å²) in [5, 5.41) is 14.4. The molecule has 1 heterocycles. The molecule has 0 bridgehead atoms. The number of hydrogen-bond donors (Lipinski definition) is 2. The molecule has 0 aliphatic heterocycles. The van der Waals surface area contributed by atoms with Gasteiger partial charge in [0.15, 0.2) is 12.4 Å². The van der Waals surface area contributed by atoms with Crippen LogP contribution < -0.4 is 5.32 Å². The molecular weight excluding hydrogens is 378 g/mol. The van der Waals surface area contributed by atoms with Crippen LogP contribution in [0.4, 0.5) is 11.4 Å². The van der Waals surface area contributed by atoms with Crippen LogP contribution >= 0.6 is 0 Å². The van der Waals surface area contributed by atoms with Crippen molar-refractivity contribution in [3.05, 3.63) is 56.4 Å². The van der Waals surface area contributed by atoms with Gasteiger partial charge in [-0.25, -0.2) is 4.79 Å². The molecule has 0 saturated heterocycles. The Morgan fingerprint density at radius 3 is 2.52 bits per heavy atom. The zero-order valence-corrected chi connectivity index (χ0v) is 16.3. The zero-order valence-electron chi connectivity index (χ0n) is 16.3. The highest BCUT2D eigenvalue weighted by Crippen LogP contribution is 2.31. The molecule has 9 nitrogen and oxygen atoms in total. The molecule has 1 aliphatic carbocycles. The molecule has 0 radical (unpaired) electrons. The van der Waals surface area contributed by atoms with E-state index >= 15 is 0 Å². The third-order valence-corrected chi connectivity index (χ3v) is 4.77. The normalized spacial score (nSPS) is 13.1. The second-order valence-corrected chi connectivity index (χ2v) is 7.09. The van der Waals surface area contributed by atoms with Crippen LogP contribution in [0.2, 0.25) is 0 Å². The molecule has 0 atom stereocenters. The van der Waals surface area contributed by atoms with Gasteiger partial charge in [-0.15, -0.1) is 0 Å². The number of nitrogens with one attached hydrogen (secondary N) is 2. The van der Waals surface area contributed by atoms with Crippen LogP contribution in [0.1, 0.15) is 62.2 Å². The van der Waals surface area contributed by atoms with E-state index in [1.54, 1.807) is 13.8 Å². The number of nitro benzene ring substituents is 1. The number of H-pyrrole nitrogens is 1. The average molecular weight is 399 g/mol. The fourth-order valence-electron chi connectivity index (χ4n) is 3.22. The van der Waals surface area contributed by atoms with Crippen LogP contribution in [0.5, 0.6) is 0 Å². The summed E-state index contributed by atoms with van der Waals surface area (Å²) in [6.45, 7) is 4.19. The Balaban J connectivity index is 1.71. The summed E-state index contributed by atoms with van der Waals surface area (Å²) < 4.78 is 5.04. The monoisotopic (exact) mass is 399 g/mol. The van der Waals surface area contributed by atoms with Gasteiger partial charge in [0.25, 0.3) is 5.69 Å². The van der Waals surface area contributed by atoms with Gasteiger partial charge in [0, 0.05) is 23.4 Å². The van der Waals surface area contributed by atoms with E-state index in [9.17, 15) is 24.5 Å². The van der Waals surface area contributed by atoms with Crippen molar-refractivity contribution in [3.63, 3.8) is 0 Å². The van der Waals surface area contributed by atoms with Crippen molar-refractivity contribution in [1.82, 2.24) is 4.98 Å². The van der Waals surface area contributed by atoms with Crippen LogP contribution in [0.3, 0.4) is 0 Å². The smallest absolute Gasteiger partial charge is 0.338 e. The minimum absolute atomic E-state index is 0.0188. The quantitative estimate of drug-likeness (QED) is 0.301. The predicted octanol–water partition coefficient (Wildman–Crippen LogP) is 3.36. The second kappa shape index (κ2) is 7.86. The van der Waals surface area contributed by atoms with Gasteiger partial charge in [-0.3, -0.25) is 19.7 Å². The van der Waals surface area contributed by atoms with E-state index in [0.717, 1.165) is 18.9 Å². The van der Waals surface area contributed by atoms with E-state index in [0.29, 0.717) is 22.5 Å². The molecule has 1 aliphatic rings. The summed E-state index contributed by atoms with van der Waals surface area (Å²) >= 11 is 0. The number of ketones is 2. The zero-order chi connectivity index (χ0) is 21.3. The molecule has 3 rings (SSSR count). The lowest BCUT2D eigenvalue weighted by Gasteiger charge is -2.08. The lowest BCUT2D eigenvalue weighted by Crippen LogP contribution is -2.16. The number of nitro groups is 1. The number of ether oxygens (including phenoxy) is 1. The van der Waals surface area contributed by atoms with E-state index in [1.807, 2.05) is 0 Å². The van der Waals surface area contributed by atoms with Gasteiger partial charge in [-0.1, -0.05) is 0 Å². The maximum atomic E-state index is 12.4. The Bertz CT molecular complexity index is 1020. The highest BCUT2D eigenvalue weighted by molar-refractivity contribution is 6.04. The summed E-state index contributed by atoms with van der Waals surface area (Å²) in [5.74, 6) is -1.50. The minimum atomic E-state index is -0.841. The van der Waals surface area contributed by atoms with E-state index in [1.165, 1.54) is 19.1 Å². The summed E-state index contributed by atoms with van der Waals surface area (Å²) in [6, 6.07) is 4.24.